The topological polar surface area (TPSA) is 55.1 Å². The fraction of sp³-hybridized carbons (Fsp3) is 0.133. The summed E-state index contributed by atoms with van der Waals surface area (Å²) in [6.45, 7) is 1.71. The second-order valence-corrected chi connectivity index (χ2v) is 6.21. The molecule has 6 heteroatoms. The summed E-state index contributed by atoms with van der Waals surface area (Å²) in [6.07, 6.45) is 0. The second kappa shape index (κ2) is 6.83. The van der Waals surface area contributed by atoms with Gasteiger partial charge in [0.25, 0.3) is 0 Å². The summed E-state index contributed by atoms with van der Waals surface area (Å²) < 4.78 is 13.6. The lowest BCUT2D eigenvalue weighted by Crippen LogP contribution is -2.22. The zero-order valence-corrected chi connectivity index (χ0v) is 12.8. The van der Waals surface area contributed by atoms with E-state index in [9.17, 15) is 9.18 Å². The molecule has 2 aromatic carbocycles. The molecule has 0 saturated carbocycles. The van der Waals surface area contributed by atoms with Crippen molar-refractivity contribution in [2.45, 2.75) is 17.1 Å². The number of carbonyl (C=O) groups excluding carboxylic acids is 1. The van der Waals surface area contributed by atoms with E-state index in [0.29, 0.717) is 21.3 Å². The van der Waals surface area contributed by atoms with Gasteiger partial charge in [-0.3, -0.25) is 4.79 Å². The van der Waals surface area contributed by atoms with Crippen LogP contribution >= 0.6 is 23.4 Å². The van der Waals surface area contributed by atoms with Crippen LogP contribution in [0.2, 0.25) is 5.02 Å². The van der Waals surface area contributed by atoms with Gasteiger partial charge in [0.15, 0.2) is 0 Å². The van der Waals surface area contributed by atoms with Gasteiger partial charge in [-0.2, -0.15) is 0 Å². The van der Waals surface area contributed by atoms with Crippen LogP contribution in [-0.2, 0) is 4.79 Å². The number of nitrogens with two attached hydrogens (primary N) is 1. The third-order valence-corrected chi connectivity index (χ3v) is 4.27. The first-order chi connectivity index (χ1) is 9.97. The molecule has 0 heterocycles. The van der Waals surface area contributed by atoms with Crippen molar-refractivity contribution >= 4 is 40.6 Å². The fourth-order valence-corrected chi connectivity index (χ4v) is 2.65. The average Bonchev–Trinajstić information content (AvgIpc) is 2.45. The first-order valence-electron chi connectivity index (χ1n) is 6.24. The predicted molar refractivity (Wildman–Crippen MR) is 86.2 cm³/mol. The number of halogens is 2. The molecule has 0 aliphatic heterocycles. The summed E-state index contributed by atoms with van der Waals surface area (Å²) in [6, 6.07) is 11.2. The van der Waals surface area contributed by atoms with Gasteiger partial charge >= 0.3 is 0 Å². The highest BCUT2D eigenvalue weighted by atomic mass is 35.5. The number of anilines is 2. The van der Waals surface area contributed by atoms with Gasteiger partial charge in [0.05, 0.1) is 16.0 Å². The maximum Gasteiger partial charge on any atom is 0.237 e. The lowest BCUT2D eigenvalue weighted by molar-refractivity contribution is -0.115. The SMILES string of the molecule is CC(Sc1ccccc1F)C(=O)Nc1ccc(Cl)c(N)c1. The molecule has 0 aromatic heterocycles. The lowest BCUT2D eigenvalue weighted by Gasteiger charge is -2.13. The van der Waals surface area contributed by atoms with Crippen molar-refractivity contribution in [1.82, 2.24) is 0 Å². The van der Waals surface area contributed by atoms with E-state index >= 15 is 0 Å². The molecule has 0 spiro atoms. The number of rotatable bonds is 4. The van der Waals surface area contributed by atoms with E-state index in [0.717, 1.165) is 11.8 Å². The van der Waals surface area contributed by atoms with Crippen LogP contribution in [0.1, 0.15) is 6.92 Å². The molecule has 3 N–H and O–H groups in total. The van der Waals surface area contributed by atoms with Gasteiger partial charge in [-0.15, -0.1) is 11.8 Å². The van der Waals surface area contributed by atoms with Gasteiger partial charge in [0.1, 0.15) is 5.82 Å². The first-order valence-corrected chi connectivity index (χ1v) is 7.50. The van der Waals surface area contributed by atoms with Crippen molar-refractivity contribution in [3.63, 3.8) is 0 Å². The maximum absolute atomic E-state index is 13.6. The van der Waals surface area contributed by atoms with Gasteiger partial charge in [-0.05, 0) is 37.3 Å². The van der Waals surface area contributed by atoms with Gasteiger partial charge in [0.2, 0.25) is 5.91 Å². The molecule has 0 bridgehead atoms. The second-order valence-electron chi connectivity index (χ2n) is 4.42. The van der Waals surface area contributed by atoms with Crippen LogP contribution in [0.4, 0.5) is 15.8 Å². The number of nitrogens with one attached hydrogen (secondary N) is 1. The molecule has 3 nitrogen and oxygen atoms in total. The van der Waals surface area contributed by atoms with E-state index in [1.165, 1.54) is 6.07 Å². The van der Waals surface area contributed by atoms with Gasteiger partial charge in [-0.25, -0.2) is 4.39 Å². The van der Waals surface area contributed by atoms with Crippen molar-refractivity contribution < 1.29 is 9.18 Å². The van der Waals surface area contributed by atoms with E-state index in [1.807, 2.05) is 0 Å². The highest BCUT2D eigenvalue weighted by Crippen LogP contribution is 2.27. The third-order valence-electron chi connectivity index (χ3n) is 2.77. The minimum atomic E-state index is -0.446. The first kappa shape index (κ1) is 15.7. The fourth-order valence-electron chi connectivity index (χ4n) is 1.65. The average molecular weight is 325 g/mol. The van der Waals surface area contributed by atoms with Crippen molar-refractivity contribution in [2.24, 2.45) is 0 Å². The Bertz CT molecular complexity index is 666. The van der Waals surface area contributed by atoms with Crippen molar-refractivity contribution in [2.75, 3.05) is 11.1 Å². The smallest absolute Gasteiger partial charge is 0.237 e. The molecule has 0 fully saturated rings. The minimum Gasteiger partial charge on any atom is -0.397 e. The third kappa shape index (κ3) is 4.12. The molecule has 0 radical (unpaired) electrons. The van der Waals surface area contributed by atoms with E-state index in [2.05, 4.69) is 5.32 Å². The Morgan fingerprint density at radius 3 is 2.71 bits per heavy atom. The summed E-state index contributed by atoms with van der Waals surface area (Å²) >= 11 is 6.98. The molecule has 2 aromatic rings. The normalized spacial score (nSPS) is 12.0. The van der Waals surface area contributed by atoms with Crippen LogP contribution in [0.3, 0.4) is 0 Å². The molecular formula is C15H14ClFN2OS. The number of nitrogen functional groups attached to an aromatic ring is 1. The summed E-state index contributed by atoms with van der Waals surface area (Å²) in [7, 11) is 0. The number of benzene rings is 2. The Labute approximate surface area is 131 Å². The van der Waals surface area contributed by atoms with E-state index < -0.39 is 5.25 Å². The molecule has 110 valence electrons. The van der Waals surface area contributed by atoms with Crippen LogP contribution in [-0.4, -0.2) is 11.2 Å². The number of hydrogen-bond donors (Lipinski definition) is 2. The van der Waals surface area contributed by atoms with Crippen LogP contribution in [0.5, 0.6) is 0 Å². The predicted octanol–water partition coefficient (Wildman–Crippen LogP) is 4.18. The van der Waals surface area contributed by atoms with E-state index in [1.54, 1.807) is 43.3 Å². The Balaban J connectivity index is 2.02. The number of carbonyl (C=O) groups is 1. The number of thioether (sulfide) groups is 1. The molecule has 0 saturated heterocycles. The molecule has 0 aliphatic rings. The Hall–Kier alpha value is -1.72. The highest BCUT2D eigenvalue weighted by molar-refractivity contribution is 8.00. The Kier molecular flexibility index (Phi) is 5.09. The molecule has 0 aliphatic carbocycles. The van der Waals surface area contributed by atoms with Crippen molar-refractivity contribution in [1.29, 1.82) is 0 Å². The number of amides is 1. The van der Waals surface area contributed by atoms with Gasteiger partial charge < -0.3 is 11.1 Å². The highest BCUT2D eigenvalue weighted by Gasteiger charge is 2.16. The van der Waals surface area contributed by atoms with Crippen LogP contribution in [0.25, 0.3) is 0 Å². The zero-order valence-electron chi connectivity index (χ0n) is 11.3. The summed E-state index contributed by atoms with van der Waals surface area (Å²) in [5, 5.41) is 2.72. The molecule has 1 atom stereocenters. The maximum atomic E-state index is 13.6. The van der Waals surface area contributed by atoms with Crippen molar-refractivity contribution in [3.8, 4) is 0 Å². The molecule has 1 unspecified atom stereocenters. The molecule has 2 rings (SSSR count). The Morgan fingerprint density at radius 2 is 2.05 bits per heavy atom. The van der Waals surface area contributed by atoms with E-state index in [4.69, 9.17) is 17.3 Å². The van der Waals surface area contributed by atoms with Crippen LogP contribution < -0.4 is 11.1 Å². The zero-order chi connectivity index (χ0) is 15.4. The monoisotopic (exact) mass is 324 g/mol. The quantitative estimate of drug-likeness (QED) is 0.655. The van der Waals surface area contributed by atoms with Gasteiger partial charge in [0, 0.05) is 10.6 Å². The minimum absolute atomic E-state index is 0.232. The summed E-state index contributed by atoms with van der Waals surface area (Å²) in [5.41, 5.74) is 6.63. The Morgan fingerprint density at radius 1 is 1.33 bits per heavy atom. The molecule has 21 heavy (non-hydrogen) atoms. The summed E-state index contributed by atoms with van der Waals surface area (Å²) in [5.74, 6) is -0.567. The summed E-state index contributed by atoms with van der Waals surface area (Å²) in [4.78, 5) is 12.5. The van der Waals surface area contributed by atoms with Crippen LogP contribution in [0, 0.1) is 5.82 Å². The van der Waals surface area contributed by atoms with Gasteiger partial charge in [-0.1, -0.05) is 23.7 Å². The number of hydrogen-bond acceptors (Lipinski definition) is 3. The van der Waals surface area contributed by atoms with Crippen LogP contribution in [0.15, 0.2) is 47.4 Å². The lowest BCUT2D eigenvalue weighted by atomic mass is 10.2. The largest absolute Gasteiger partial charge is 0.397 e. The molecule has 1 amide bonds. The van der Waals surface area contributed by atoms with Crippen molar-refractivity contribution in [3.05, 3.63) is 53.3 Å². The van der Waals surface area contributed by atoms with E-state index in [-0.39, 0.29) is 11.7 Å². The standard InChI is InChI=1S/C15H14ClFN2OS/c1-9(21-14-5-3-2-4-12(14)17)15(20)19-10-6-7-11(16)13(18)8-10/h2-9H,18H2,1H3,(H,19,20). The molecular weight excluding hydrogens is 311 g/mol.